The number of rotatable bonds is 6. The van der Waals surface area contributed by atoms with Gasteiger partial charge in [-0.15, -0.1) is 0 Å². The van der Waals surface area contributed by atoms with E-state index in [1.807, 2.05) is 20.8 Å². The van der Waals surface area contributed by atoms with E-state index < -0.39 is 0 Å². The molecular weight excluding hydrogens is 243 g/mol. The molecule has 0 bridgehead atoms. The van der Waals surface area contributed by atoms with Crippen LogP contribution in [0.4, 0.5) is 4.39 Å². The fourth-order valence-corrected chi connectivity index (χ4v) is 1.96. The molecule has 0 saturated heterocycles. The molecule has 19 heavy (non-hydrogen) atoms. The number of hydrogen-bond acceptors (Lipinski definition) is 3. The quantitative estimate of drug-likeness (QED) is 0.833. The van der Waals surface area contributed by atoms with Crippen molar-refractivity contribution in [2.75, 3.05) is 0 Å². The minimum absolute atomic E-state index is 0.0421. The highest BCUT2D eigenvalue weighted by Crippen LogP contribution is 2.29. The van der Waals surface area contributed by atoms with Crippen LogP contribution in [-0.4, -0.2) is 12.1 Å². The number of ether oxygens (including phenoxy) is 1. The molecule has 0 heterocycles. The highest BCUT2D eigenvalue weighted by atomic mass is 19.1. The topological polar surface area (TPSA) is 61.3 Å². The Morgan fingerprint density at radius 1 is 1.16 bits per heavy atom. The molecule has 4 heteroatoms. The molecule has 0 radical (unpaired) electrons. The fourth-order valence-electron chi connectivity index (χ4n) is 1.96. The van der Waals surface area contributed by atoms with E-state index in [4.69, 9.17) is 16.2 Å². The lowest BCUT2D eigenvalue weighted by atomic mass is 9.91. The van der Waals surface area contributed by atoms with Gasteiger partial charge in [0.05, 0.1) is 6.10 Å². The second kappa shape index (κ2) is 6.87. The van der Waals surface area contributed by atoms with Gasteiger partial charge in [-0.3, -0.25) is 0 Å². The Balaban J connectivity index is 3.17. The minimum atomic E-state index is -0.273. The Kier molecular flexibility index (Phi) is 5.76. The predicted molar refractivity (Wildman–Crippen MR) is 76.6 cm³/mol. The fraction of sp³-hybridized carbons (Fsp3) is 0.600. The van der Waals surface area contributed by atoms with Crippen molar-refractivity contribution in [3.63, 3.8) is 0 Å². The van der Waals surface area contributed by atoms with Crippen LogP contribution in [0, 0.1) is 11.7 Å². The van der Waals surface area contributed by atoms with Gasteiger partial charge >= 0.3 is 0 Å². The SMILES string of the molecule is CC(C)Oc1ccc(F)c(CN)c1CC(C)C(C)N. The molecule has 0 amide bonds. The summed E-state index contributed by atoms with van der Waals surface area (Å²) in [6.07, 6.45) is 0.713. The minimum Gasteiger partial charge on any atom is -0.491 e. The Morgan fingerprint density at radius 2 is 1.79 bits per heavy atom. The van der Waals surface area contributed by atoms with Gasteiger partial charge in [-0.05, 0) is 45.2 Å². The molecule has 2 atom stereocenters. The van der Waals surface area contributed by atoms with E-state index in [-0.39, 0.29) is 30.4 Å². The summed E-state index contributed by atoms with van der Waals surface area (Å²) in [6, 6.07) is 3.14. The first kappa shape index (κ1) is 15.9. The van der Waals surface area contributed by atoms with E-state index in [9.17, 15) is 4.39 Å². The molecule has 3 nitrogen and oxygen atoms in total. The normalized spacial score (nSPS) is 14.5. The van der Waals surface area contributed by atoms with E-state index in [1.165, 1.54) is 6.07 Å². The molecule has 1 aromatic carbocycles. The van der Waals surface area contributed by atoms with Crippen molar-refractivity contribution in [2.24, 2.45) is 17.4 Å². The molecule has 1 aromatic rings. The average Bonchev–Trinajstić information content (AvgIpc) is 2.32. The Morgan fingerprint density at radius 3 is 2.26 bits per heavy atom. The van der Waals surface area contributed by atoms with Crippen LogP contribution in [0.2, 0.25) is 0 Å². The first-order valence-electron chi connectivity index (χ1n) is 6.79. The van der Waals surface area contributed by atoms with E-state index >= 15 is 0 Å². The van der Waals surface area contributed by atoms with Crippen molar-refractivity contribution < 1.29 is 9.13 Å². The lowest BCUT2D eigenvalue weighted by molar-refractivity contribution is 0.238. The van der Waals surface area contributed by atoms with Gasteiger partial charge in [0.15, 0.2) is 0 Å². The largest absolute Gasteiger partial charge is 0.491 e. The van der Waals surface area contributed by atoms with Crippen molar-refractivity contribution in [1.29, 1.82) is 0 Å². The van der Waals surface area contributed by atoms with Crippen LogP contribution in [-0.2, 0) is 13.0 Å². The first-order valence-corrected chi connectivity index (χ1v) is 6.79. The van der Waals surface area contributed by atoms with Crippen molar-refractivity contribution >= 4 is 0 Å². The number of benzene rings is 1. The first-order chi connectivity index (χ1) is 8.86. The molecule has 1 rings (SSSR count). The highest BCUT2D eigenvalue weighted by molar-refractivity contribution is 5.41. The Labute approximate surface area is 115 Å². The summed E-state index contributed by atoms with van der Waals surface area (Å²) in [5.41, 5.74) is 13.0. The summed E-state index contributed by atoms with van der Waals surface area (Å²) < 4.78 is 19.6. The van der Waals surface area contributed by atoms with Crippen LogP contribution in [0.3, 0.4) is 0 Å². The molecule has 0 aliphatic heterocycles. The van der Waals surface area contributed by atoms with Gasteiger partial charge in [0.1, 0.15) is 11.6 Å². The van der Waals surface area contributed by atoms with Crippen LogP contribution >= 0.6 is 0 Å². The summed E-state index contributed by atoms with van der Waals surface area (Å²) >= 11 is 0. The average molecular weight is 268 g/mol. The lowest BCUT2D eigenvalue weighted by Gasteiger charge is -2.22. The number of hydrogen-bond donors (Lipinski definition) is 2. The third-order valence-electron chi connectivity index (χ3n) is 3.32. The van der Waals surface area contributed by atoms with Crippen molar-refractivity contribution in [3.05, 3.63) is 29.1 Å². The van der Waals surface area contributed by atoms with Gasteiger partial charge in [0.2, 0.25) is 0 Å². The number of halogens is 1. The van der Waals surface area contributed by atoms with Gasteiger partial charge in [-0.25, -0.2) is 4.39 Å². The van der Waals surface area contributed by atoms with E-state index in [0.717, 1.165) is 5.56 Å². The van der Waals surface area contributed by atoms with Crippen LogP contribution in [0.5, 0.6) is 5.75 Å². The van der Waals surface area contributed by atoms with E-state index in [1.54, 1.807) is 6.07 Å². The highest BCUT2D eigenvalue weighted by Gasteiger charge is 2.18. The molecule has 0 aromatic heterocycles. The Hall–Kier alpha value is -1.13. The molecule has 0 saturated carbocycles. The van der Waals surface area contributed by atoms with Crippen LogP contribution in [0.25, 0.3) is 0 Å². The third kappa shape index (κ3) is 4.18. The summed E-state index contributed by atoms with van der Waals surface area (Å²) in [5, 5.41) is 0. The zero-order valence-electron chi connectivity index (χ0n) is 12.2. The van der Waals surface area contributed by atoms with Crippen LogP contribution in [0.1, 0.15) is 38.8 Å². The van der Waals surface area contributed by atoms with Crippen LogP contribution in [0.15, 0.2) is 12.1 Å². The molecular formula is C15H25FN2O. The maximum Gasteiger partial charge on any atom is 0.128 e. The number of nitrogens with two attached hydrogens (primary N) is 2. The van der Waals surface area contributed by atoms with Crippen molar-refractivity contribution in [3.8, 4) is 5.75 Å². The van der Waals surface area contributed by atoms with Gasteiger partial charge < -0.3 is 16.2 Å². The Bertz CT molecular complexity index is 419. The van der Waals surface area contributed by atoms with E-state index in [0.29, 0.717) is 17.7 Å². The maximum atomic E-state index is 13.9. The molecule has 0 aliphatic rings. The summed E-state index contributed by atoms with van der Waals surface area (Å²) in [7, 11) is 0. The molecule has 0 spiro atoms. The second-order valence-corrected chi connectivity index (χ2v) is 5.41. The van der Waals surface area contributed by atoms with Crippen molar-refractivity contribution in [2.45, 2.75) is 52.8 Å². The monoisotopic (exact) mass is 268 g/mol. The van der Waals surface area contributed by atoms with Gasteiger partial charge in [0, 0.05) is 23.7 Å². The zero-order valence-corrected chi connectivity index (χ0v) is 12.2. The van der Waals surface area contributed by atoms with E-state index in [2.05, 4.69) is 6.92 Å². The van der Waals surface area contributed by atoms with Crippen LogP contribution < -0.4 is 16.2 Å². The summed E-state index contributed by atoms with van der Waals surface area (Å²) in [5.74, 6) is 0.677. The molecule has 0 fully saturated rings. The van der Waals surface area contributed by atoms with Gasteiger partial charge in [-0.1, -0.05) is 6.92 Å². The van der Waals surface area contributed by atoms with Gasteiger partial charge in [-0.2, -0.15) is 0 Å². The zero-order chi connectivity index (χ0) is 14.6. The molecule has 2 unspecified atom stereocenters. The predicted octanol–water partition coefficient (Wildman–Crippen LogP) is 2.60. The maximum absolute atomic E-state index is 13.9. The molecule has 4 N–H and O–H groups in total. The molecule has 0 aliphatic carbocycles. The summed E-state index contributed by atoms with van der Waals surface area (Å²) in [6.45, 7) is 8.07. The van der Waals surface area contributed by atoms with Gasteiger partial charge in [0.25, 0.3) is 0 Å². The molecule has 108 valence electrons. The summed E-state index contributed by atoms with van der Waals surface area (Å²) in [4.78, 5) is 0. The third-order valence-corrected chi connectivity index (χ3v) is 3.32. The van der Waals surface area contributed by atoms with Crippen molar-refractivity contribution in [1.82, 2.24) is 0 Å². The lowest BCUT2D eigenvalue weighted by Crippen LogP contribution is -2.26. The smallest absolute Gasteiger partial charge is 0.128 e. The second-order valence-electron chi connectivity index (χ2n) is 5.41. The standard InChI is InChI=1S/C15H25FN2O/c1-9(2)19-15-6-5-14(16)13(8-17)12(15)7-10(3)11(4)18/h5-6,9-11H,7-8,17-18H2,1-4H3.